The Labute approximate surface area is 102 Å². The summed E-state index contributed by atoms with van der Waals surface area (Å²) in [6.45, 7) is 0. The molecule has 0 radical (unpaired) electrons. The Kier molecular flexibility index (Phi) is 3.13. The lowest BCUT2D eigenvalue weighted by Crippen LogP contribution is -2.34. The van der Waals surface area contributed by atoms with Crippen LogP contribution >= 0.6 is 15.9 Å². The minimum atomic E-state index is -3.56. The third-order valence-corrected chi connectivity index (χ3v) is 4.73. The van der Waals surface area contributed by atoms with E-state index in [4.69, 9.17) is 0 Å². The van der Waals surface area contributed by atoms with Crippen molar-refractivity contribution in [3.63, 3.8) is 0 Å². The van der Waals surface area contributed by atoms with Gasteiger partial charge in [0, 0.05) is 13.1 Å². The smallest absolute Gasteiger partial charge is 0.235 e. The molecule has 1 aliphatic carbocycles. The average molecular weight is 307 g/mol. The molecule has 2 rings (SSSR count). The fourth-order valence-corrected chi connectivity index (χ4v) is 3.95. The van der Waals surface area contributed by atoms with Gasteiger partial charge in [0.15, 0.2) is 4.60 Å². The first kappa shape index (κ1) is 11.7. The van der Waals surface area contributed by atoms with E-state index >= 15 is 0 Å². The molecule has 0 saturated heterocycles. The third-order valence-electron chi connectivity index (χ3n) is 2.32. The molecule has 0 amide bonds. The summed E-state index contributed by atoms with van der Waals surface area (Å²) in [7, 11) is -2.02. The molecular formula is C8H11BrN4O2S. The first-order chi connectivity index (χ1) is 7.50. The van der Waals surface area contributed by atoms with Gasteiger partial charge in [-0.15, -0.1) is 5.10 Å². The van der Waals surface area contributed by atoms with Gasteiger partial charge in [0.25, 0.3) is 10.0 Å². The molecule has 0 spiro atoms. The molecule has 6 nitrogen and oxygen atoms in total. The molecule has 0 atom stereocenters. The number of aromatic nitrogens is 3. The second kappa shape index (κ2) is 4.27. The zero-order chi connectivity index (χ0) is 11.8. The second-order valence-corrected chi connectivity index (χ2v) is 5.95. The summed E-state index contributed by atoms with van der Waals surface area (Å²) >= 11 is 3.07. The number of nitrogens with one attached hydrogen (secondary N) is 1. The molecule has 8 heteroatoms. The van der Waals surface area contributed by atoms with Crippen LogP contribution in [-0.4, -0.2) is 29.5 Å². The van der Waals surface area contributed by atoms with E-state index in [9.17, 15) is 8.42 Å². The molecular weight excluding hydrogens is 296 g/mol. The Morgan fingerprint density at radius 3 is 2.62 bits per heavy atom. The predicted octanol–water partition coefficient (Wildman–Crippen LogP) is 0.574. The van der Waals surface area contributed by atoms with Gasteiger partial charge in [-0.3, -0.25) is 0 Å². The van der Waals surface area contributed by atoms with Gasteiger partial charge in [0.1, 0.15) is 0 Å². The van der Waals surface area contributed by atoms with Gasteiger partial charge in [-0.05, 0) is 28.8 Å². The number of sulfonamides is 1. The minimum Gasteiger partial charge on any atom is -0.235 e. The van der Waals surface area contributed by atoms with Crippen LogP contribution < -0.4 is 4.72 Å². The van der Waals surface area contributed by atoms with Gasteiger partial charge in [0.05, 0.1) is 0 Å². The Bertz CT molecular complexity index is 495. The molecule has 1 aromatic rings. The highest BCUT2D eigenvalue weighted by Gasteiger charge is 2.26. The van der Waals surface area contributed by atoms with Crippen molar-refractivity contribution in [2.24, 2.45) is 7.05 Å². The standard InChI is InChI=1S/C8H11BrN4O2S/c1-13-8(7(9)10-12-13)16(14,15)11-6-4-2-3-5-6/h2-3,6,11H,4-5H2,1H3. The minimum absolute atomic E-state index is 0.0550. The largest absolute Gasteiger partial charge is 0.260 e. The molecule has 1 aromatic heterocycles. The Morgan fingerprint density at radius 2 is 2.12 bits per heavy atom. The van der Waals surface area contributed by atoms with Gasteiger partial charge in [-0.1, -0.05) is 17.4 Å². The van der Waals surface area contributed by atoms with Crippen molar-refractivity contribution in [1.29, 1.82) is 0 Å². The highest BCUT2D eigenvalue weighted by molar-refractivity contribution is 9.10. The summed E-state index contributed by atoms with van der Waals surface area (Å²) < 4.78 is 28.1. The lowest BCUT2D eigenvalue weighted by molar-refractivity contribution is 0.540. The van der Waals surface area contributed by atoms with Crippen LogP contribution in [0.4, 0.5) is 0 Å². The number of rotatable bonds is 3. The quantitative estimate of drug-likeness (QED) is 0.829. The predicted molar refractivity (Wildman–Crippen MR) is 61.2 cm³/mol. The molecule has 0 unspecified atom stereocenters. The summed E-state index contributed by atoms with van der Waals surface area (Å²) in [5.74, 6) is 0. The van der Waals surface area contributed by atoms with Crippen molar-refractivity contribution >= 4 is 26.0 Å². The molecule has 16 heavy (non-hydrogen) atoms. The molecule has 0 bridgehead atoms. The van der Waals surface area contributed by atoms with Gasteiger partial charge < -0.3 is 0 Å². The first-order valence-electron chi connectivity index (χ1n) is 4.73. The topological polar surface area (TPSA) is 76.9 Å². The molecule has 88 valence electrons. The Hall–Kier alpha value is -0.730. The lowest BCUT2D eigenvalue weighted by atomic mass is 10.3. The highest BCUT2D eigenvalue weighted by Crippen LogP contribution is 2.20. The normalized spacial score (nSPS) is 17.1. The summed E-state index contributed by atoms with van der Waals surface area (Å²) in [5, 5.41) is 7.35. The van der Waals surface area contributed by atoms with Crippen LogP contribution in [0.5, 0.6) is 0 Å². The first-order valence-corrected chi connectivity index (χ1v) is 7.01. The van der Waals surface area contributed by atoms with E-state index in [0.29, 0.717) is 0 Å². The number of halogens is 1. The summed E-state index contributed by atoms with van der Waals surface area (Å²) in [4.78, 5) is 0. The van der Waals surface area contributed by atoms with Crippen molar-refractivity contribution in [3.8, 4) is 0 Å². The third kappa shape index (κ3) is 2.18. The van der Waals surface area contributed by atoms with Crippen molar-refractivity contribution in [3.05, 3.63) is 16.8 Å². The van der Waals surface area contributed by atoms with Crippen LogP contribution in [0.2, 0.25) is 0 Å². The fraction of sp³-hybridized carbons (Fsp3) is 0.500. The van der Waals surface area contributed by atoms with E-state index in [1.54, 1.807) is 7.05 Å². The summed E-state index contributed by atoms with van der Waals surface area (Å²) in [6, 6.07) is -0.0631. The molecule has 0 fully saturated rings. The van der Waals surface area contributed by atoms with Gasteiger partial charge in [0.2, 0.25) is 5.03 Å². The molecule has 1 heterocycles. The van der Waals surface area contributed by atoms with Gasteiger partial charge >= 0.3 is 0 Å². The Balaban J connectivity index is 2.25. The summed E-state index contributed by atoms with van der Waals surface area (Å²) in [6.07, 6.45) is 5.37. The fourth-order valence-electron chi connectivity index (χ4n) is 1.60. The second-order valence-electron chi connectivity index (χ2n) is 3.57. The molecule has 1 N–H and O–H groups in total. The van der Waals surface area contributed by atoms with E-state index < -0.39 is 10.0 Å². The molecule has 1 aliphatic rings. The highest BCUT2D eigenvalue weighted by atomic mass is 79.9. The number of nitrogens with zero attached hydrogens (tertiary/aromatic N) is 3. The molecule has 0 aliphatic heterocycles. The van der Waals surface area contributed by atoms with Crippen molar-refractivity contribution in [1.82, 2.24) is 19.7 Å². The van der Waals surface area contributed by atoms with Crippen LogP contribution in [0, 0.1) is 0 Å². The molecule has 0 aromatic carbocycles. The van der Waals surface area contributed by atoms with E-state index in [1.807, 2.05) is 12.2 Å². The van der Waals surface area contributed by atoms with Crippen LogP contribution in [0.25, 0.3) is 0 Å². The van der Waals surface area contributed by atoms with E-state index in [1.165, 1.54) is 4.68 Å². The molecule has 0 saturated carbocycles. The maximum atomic E-state index is 12.0. The average Bonchev–Trinajstić information content (AvgIpc) is 2.76. The van der Waals surface area contributed by atoms with Gasteiger partial charge in [-0.25, -0.2) is 17.8 Å². The van der Waals surface area contributed by atoms with Crippen LogP contribution in [0.3, 0.4) is 0 Å². The van der Waals surface area contributed by atoms with Crippen LogP contribution in [0.15, 0.2) is 21.8 Å². The van der Waals surface area contributed by atoms with Gasteiger partial charge in [-0.2, -0.15) is 0 Å². The van der Waals surface area contributed by atoms with E-state index in [2.05, 4.69) is 31.0 Å². The maximum absolute atomic E-state index is 12.0. The SMILES string of the molecule is Cn1nnc(Br)c1S(=O)(=O)NC1CC=CC1. The number of hydrogen-bond donors (Lipinski definition) is 1. The van der Waals surface area contributed by atoms with Crippen molar-refractivity contribution in [2.75, 3.05) is 0 Å². The van der Waals surface area contributed by atoms with Crippen molar-refractivity contribution < 1.29 is 8.42 Å². The van der Waals surface area contributed by atoms with Crippen LogP contribution in [0.1, 0.15) is 12.8 Å². The summed E-state index contributed by atoms with van der Waals surface area (Å²) in [5.41, 5.74) is 0. The maximum Gasteiger partial charge on any atom is 0.260 e. The number of hydrogen-bond acceptors (Lipinski definition) is 4. The number of aryl methyl sites for hydroxylation is 1. The monoisotopic (exact) mass is 306 g/mol. The van der Waals surface area contributed by atoms with Crippen LogP contribution in [-0.2, 0) is 17.1 Å². The zero-order valence-corrected chi connectivity index (χ0v) is 11.0. The lowest BCUT2D eigenvalue weighted by Gasteiger charge is -2.12. The zero-order valence-electron chi connectivity index (χ0n) is 8.59. The van der Waals surface area contributed by atoms with Crippen molar-refractivity contribution in [2.45, 2.75) is 23.9 Å². The Morgan fingerprint density at radius 1 is 1.50 bits per heavy atom. The van der Waals surface area contributed by atoms with E-state index in [0.717, 1.165) is 12.8 Å². The van der Waals surface area contributed by atoms with E-state index in [-0.39, 0.29) is 15.7 Å².